The van der Waals surface area contributed by atoms with Gasteiger partial charge in [-0.2, -0.15) is 0 Å². The first kappa shape index (κ1) is 22.1. The van der Waals surface area contributed by atoms with Crippen LogP contribution in [-0.4, -0.2) is 45.8 Å². The number of fused-ring (bicyclic) bond motifs is 1. The van der Waals surface area contributed by atoms with Crippen LogP contribution in [0.25, 0.3) is 5.57 Å². The lowest BCUT2D eigenvalue weighted by molar-refractivity contribution is 0.247. The molecule has 1 aromatic carbocycles. The number of thiocarbonyl (C=S) groups is 1. The van der Waals surface area contributed by atoms with E-state index >= 15 is 0 Å². The standard InChI is InChI=1S/C24H29ClN4OS/c1-15-14-24(2,3)28(4)20-13-18(25)17(12-16(15)20)22-21(19-8-5-6-9-26-19)27-23(31)29(22)10-7-11-30/h5-6,8-9,12-14,21-22,30H,7,10-11H2,1-4H3,(H,27,31)/t21-,22-/m1/s1. The molecule has 7 heteroatoms. The van der Waals surface area contributed by atoms with E-state index in [2.05, 4.69) is 66.1 Å². The molecule has 0 unspecified atom stereocenters. The second-order valence-corrected chi connectivity index (χ2v) is 9.62. The van der Waals surface area contributed by atoms with E-state index in [0.29, 0.717) is 23.1 Å². The summed E-state index contributed by atoms with van der Waals surface area (Å²) in [5, 5.41) is 14.3. The zero-order chi connectivity index (χ0) is 22.3. The lowest BCUT2D eigenvalue weighted by Gasteiger charge is -2.41. The molecule has 1 fully saturated rings. The lowest BCUT2D eigenvalue weighted by Crippen LogP contribution is -2.42. The van der Waals surface area contributed by atoms with E-state index < -0.39 is 0 Å². The highest BCUT2D eigenvalue weighted by atomic mass is 35.5. The number of aromatic nitrogens is 1. The van der Waals surface area contributed by atoms with Gasteiger partial charge in [0.05, 0.1) is 23.3 Å². The topological polar surface area (TPSA) is 51.6 Å². The highest BCUT2D eigenvalue weighted by molar-refractivity contribution is 7.80. The molecule has 2 aromatic rings. The molecular weight excluding hydrogens is 428 g/mol. The summed E-state index contributed by atoms with van der Waals surface area (Å²) < 4.78 is 0. The van der Waals surface area contributed by atoms with Gasteiger partial charge in [-0.15, -0.1) is 0 Å². The number of likely N-dealkylation sites (N-methyl/N-ethyl adjacent to an activating group) is 1. The summed E-state index contributed by atoms with van der Waals surface area (Å²) in [6, 6.07) is 9.95. The quantitative estimate of drug-likeness (QED) is 0.635. The van der Waals surface area contributed by atoms with Crippen molar-refractivity contribution in [3.8, 4) is 0 Å². The molecule has 3 heterocycles. The van der Waals surface area contributed by atoms with Gasteiger partial charge in [0.1, 0.15) is 0 Å². The van der Waals surface area contributed by atoms with Crippen molar-refractivity contribution < 1.29 is 5.11 Å². The molecule has 0 aliphatic carbocycles. The minimum absolute atomic E-state index is 0.0813. The number of aliphatic hydroxyl groups is 1. The van der Waals surface area contributed by atoms with E-state index in [0.717, 1.165) is 16.9 Å². The Morgan fingerprint density at radius 2 is 2.06 bits per heavy atom. The minimum atomic E-state index is -0.120. The Bertz CT molecular complexity index is 1020. The summed E-state index contributed by atoms with van der Waals surface area (Å²) in [6.07, 6.45) is 4.72. The summed E-state index contributed by atoms with van der Waals surface area (Å²) in [5.41, 5.74) is 5.40. The van der Waals surface area contributed by atoms with Crippen LogP contribution in [0.4, 0.5) is 5.69 Å². The number of nitrogens with one attached hydrogen (secondary N) is 1. The third-order valence-electron chi connectivity index (χ3n) is 6.41. The number of pyridine rings is 1. The normalized spacial score (nSPS) is 22.3. The Kier molecular flexibility index (Phi) is 5.99. The maximum atomic E-state index is 9.44. The van der Waals surface area contributed by atoms with Crippen molar-refractivity contribution in [2.45, 2.75) is 44.8 Å². The van der Waals surface area contributed by atoms with Gasteiger partial charge in [-0.3, -0.25) is 4.98 Å². The van der Waals surface area contributed by atoms with Crippen LogP contribution in [0.1, 0.15) is 56.1 Å². The van der Waals surface area contributed by atoms with Crippen LogP contribution in [0.15, 0.2) is 42.6 Å². The van der Waals surface area contributed by atoms with E-state index in [1.807, 2.05) is 18.2 Å². The highest BCUT2D eigenvalue weighted by Crippen LogP contribution is 2.46. The van der Waals surface area contributed by atoms with Gasteiger partial charge in [-0.1, -0.05) is 23.7 Å². The van der Waals surface area contributed by atoms with Gasteiger partial charge < -0.3 is 20.2 Å². The number of aliphatic hydroxyl groups excluding tert-OH is 1. The molecule has 0 spiro atoms. The smallest absolute Gasteiger partial charge is 0.170 e. The molecule has 0 amide bonds. The molecule has 0 bridgehead atoms. The maximum absolute atomic E-state index is 9.44. The maximum Gasteiger partial charge on any atom is 0.170 e. The van der Waals surface area contributed by atoms with Gasteiger partial charge in [0.25, 0.3) is 0 Å². The summed E-state index contributed by atoms with van der Waals surface area (Å²) in [4.78, 5) is 8.99. The number of nitrogens with zero attached hydrogens (tertiary/aromatic N) is 3. The largest absolute Gasteiger partial charge is 0.396 e. The van der Waals surface area contributed by atoms with Crippen molar-refractivity contribution in [2.75, 3.05) is 25.1 Å². The Morgan fingerprint density at radius 1 is 1.29 bits per heavy atom. The van der Waals surface area contributed by atoms with Crippen LogP contribution in [0.3, 0.4) is 0 Å². The molecule has 2 aliphatic rings. The van der Waals surface area contributed by atoms with Crippen molar-refractivity contribution in [1.29, 1.82) is 0 Å². The number of anilines is 1. The summed E-state index contributed by atoms with van der Waals surface area (Å²) in [7, 11) is 2.11. The first-order chi connectivity index (χ1) is 14.7. The Balaban J connectivity index is 1.84. The molecule has 164 valence electrons. The SMILES string of the molecule is CC1=CC(C)(C)N(C)c2cc(Cl)c([C@@H]3[C@@H](c4ccccn4)NC(=S)N3CCCO)cc21. The Labute approximate surface area is 194 Å². The fraction of sp³-hybridized carbons (Fsp3) is 0.417. The predicted molar refractivity (Wildman–Crippen MR) is 131 cm³/mol. The van der Waals surface area contributed by atoms with Gasteiger partial charge in [0, 0.05) is 42.7 Å². The third-order valence-corrected chi connectivity index (χ3v) is 7.09. The number of hydrogen-bond donors (Lipinski definition) is 2. The fourth-order valence-electron chi connectivity index (χ4n) is 4.64. The predicted octanol–water partition coefficient (Wildman–Crippen LogP) is 4.72. The number of rotatable bonds is 5. The highest BCUT2D eigenvalue weighted by Gasteiger charge is 2.41. The number of halogens is 1. The lowest BCUT2D eigenvalue weighted by atomic mass is 9.86. The van der Waals surface area contributed by atoms with Crippen LogP contribution in [0, 0.1) is 0 Å². The van der Waals surface area contributed by atoms with E-state index in [9.17, 15) is 5.11 Å². The molecule has 2 aliphatic heterocycles. The molecule has 1 aromatic heterocycles. The van der Waals surface area contributed by atoms with Crippen molar-refractivity contribution in [1.82, 2.24) is 15.2 Å². The van der Waals surface area contributed by atoms with Crippen LogP contribution in [0.2, 0.25) is 5.02 Å². The van der Waals surface area contributed by atoms with Gasteiger partial charge in [-0.05, 0) is 74.8 Å². The zero-order valence-corrected chi connectivity index (χ0v) is 20.0. The number of allylic oxidation sites excluding steroid dienone is 1. The second-order valence-electron chi connectivity index (χ2n) is 8.83. The molecule has 0 radical (unpaired) electrons. The molecule has 5 nitrogen and oxygen atoms in total. The molecule has 4 rings (SSSR count). The molecule has 2 atom stereocenters. The van der Waals surface area contributed by atoms with Crippen LogP contribution >= 0.6 is 23.8 Å². The zero-order valence-electron chi connectivity index (χ0n) is 18.4. The molecule has 31 heavy (non-hydrogen) atoms. The van der Waals surface area contributed by atoms with Gasteiger partial charge >= 0.3 is 0 Å². The average Bonchev–Trinajstić information content (AvgIpc) is 3.06. The van der Waals surface area contributed by atoms with E-state index in [1.54, 1.807) is 6.20 Å². The van der Waals surface area contributed by atoms with E-state index in [4.69, 9.17) is 23.8 Å². The number of hydrogen-bond acceptors (Lipinski definition) is 4. The third kappa shape index (κ3) is 3.93. The number of benzene rings is 1. The summed E-state index contributed by atoms with van der Waals surface area (Å²) >= 11 is 12.6. The first-order valence-corrected chi connectivity index (χ1v) is 11.4. The molecule has 1 saturated heterocycles. The van der Waals surface area contributed by atoms with Crippen LogP contribution in [-0.2, 0) is 0 Å². The van der Waals surface area contributed by atoms with Gasteiger partial charge in [0.15, 0.2) is 5.11 Å². The fourth-order valence-corrected chi connectivity index (χ4v) is 5.24. The average molecular weight is 457 g/mol. The second kappa shape index (κ2) is 8.41. The van der Waals surface area contributed by atoms with E-state index in [-0.39, 0.29) is 24.2 Å². The van der Waals surface area contributed by atoms with Crippen LogP contribution < -0.4 is 10.2 Å². The van der Waals surface area contributed by atoms with E-state index in [1.165, 1.54) is 11.1 Å². The first-order valence-electron chi connectivity index (χ1n) is 10.6. The summed E-state index contributed by atoms with van der Waals surface area (Å²) in [5.74, 6) is 0. The monoisotopic (exact) mass is 456 g/mol. The Hall–Kier alpha value is -2.15. The molecule has 0 saturated carbocycles. The Morgan fingerprint density at radius 3 is 2.74 bits per heavy atom. The summed E-state index contributed by atoms with van der Waals surface area (Å²) in [6.45, 7) is 7.32. The minimum Gasteiger partial charge on any atom is -0.396 e. The van der Waals surface area contributed by atoms with Crippen molar-refractivity contribution >= 4 is 40.2 Å². The molecular formula is C24H29ClN4OS. The van der Waals surface area contributed by atoms with Crippen molar-refractivity contribution in [2.24, 2.45) is 0 Å². The van der Waals surface area contributed by atoms with Gasteiger partial charge in [0.2, 0.25) is 0 Å². The molecule has 2 N–H and O–H groups in total. The van der Waals surface area contributed by atoms with Gasteiger partial charge in [-0.25, -0.2) is 0 Å². The van der Waals surface area contributed by atoms with Crippen molar-refractivity contribution in [3.05, 3.63) is 64.4 Å². The van der Waals surface area contributed by atoms with Crippen LogP contribution in [0.5, 0.6) is 0 Å². The van der Waals surface area contributed by atoms with Crippen molar-refractivity contribution in [3.63, 3.8) is 0 Å².